The molecule has 0 atom stereocenters. The molecule has 2 aromatic carbocycles. The summed E-state index contributed by atoms with van der Waals surface area (Å²) in [5.41, 5.74) is 2.38. The van der Waals surface area contributed by atoms with Gasteiger partial charge in [0.2, 0.25) is 15.9 Å². The highest BCUT2D eigenvalue weighted by Crippen LogP contribution is 2.22. The lowest BCUT2D eigenvalue weighted by Crippen LogP contribution is -2.35. The number of hydrogen-bond donors (Lipinski definition) is 1. The van der Waals surface area contributed by atoms with Crippen molar-refractivity contribution in [1.82, 2.24) is 4.31 Å². The molecule has 0 radical (unpaired) electrons. The number of nitrogens with one attached hydrogen (secondary N) is 1. The van der Waals surface area contributed by atoms with Gasteiger partial charge in [0, 0.05) is 24.4 Å². The smallest absolute Gasteiger partial charge is 0.274 e. The van der Waals surface area contributed by atoms with Crippen LogP contribution in [0.5, 0.6) is 0 Å². The molecule has 0 aliphatic rings. The summed E-state index contributed by atoms with van der Waals surface area (Å²) in [5.74, 6) is -0.594. The Morgan fingerprint density at radius 1 is 1.07 bits per heavy atom. The summed E-state index contributed by atoms with van der Waals surface area (Å²) in [5, 5.41) is 13.5. The van der Waals surface area contributed by atoms with Crippen molar-refractivity contribution >= 4 is 27.3 Å². The van der Waals surface area contributed by atoms with Gasteiger partial charge in [0.05, 0.1) is 16.4 Å². The van der Waals surface area contributed by atoms with Gasteiger partial charge in [0.15, 0.2) is 0 Å². The Morgan fingerprint density at radius 2 is 1.70 bits per heavy atom. The number of amides is 1. The number of carbonyl (C=O) groups excluding carboxylic acids is 1. The second kappa shape index (κ2) is 7.85. The van der Waals surface area contributed by atoms with Crippen LogP contribution in [0.15, 0.2) is 41.3 Å². The van der Waals surface area contributed by atoms with Gasteiger partial charge in [-0.25, -0.2) is 8.42 Å². The lowest BCUT2D eigenvalue weighted by molar-refractivity contribution is -0.385. The van der Waals surface area contributed by atoms with E-state index >= 15 is 0 Å². The minimum Gasteiger partial charge on any atom is -0.325 e. The highest BCUT2D eigenvalue weighted by Gasteiger charge is 2.23. The fourth-order valence-electron chi connectivity index (χ4n) is 2.43. The van der Waals surface area contributed by atoms with Crippen LogP contribution in [0.3, 0.4) is 0 Å². The number of nitrogens with zero attached hydrogens (tertiary/aromatic N) is 2. The Kier molecular flexibility index (Phi) is 5.97. The van der Waals surface area contributed by atoms with Crippen molar-refractivity contribution in [3.63, 3.8) is 0 Å². The van der Waals surface area contributed by atoms with Crippen molar-refractivity contribution in [2.45, 2.75) is 25.7 Å². The molecule has 0 unspecified atom stereocenters. The molecule has 0 aliphatic heterocycles. The summed E-state index contributed by atoms with van der Waals surface area (Å²) >= 11 is 0. The third kappa shape index (κ3) is 4.69. The standard InChI is InChI=1S/C18H21N3O5S/c1-12-6-8-16(9-14(12)3)27(25,26)20(4)11-18(22)19-15-7-5-13(2)17(10-15)21(23)24/h5-10H,11H2,1-4H3,(H,19,22). The first-order valence-electron chi connectivity index (χ1n) is 8.11. The van der Waals surface area contributed by atoms with Gasteiger partial charge in [-0.15, -0.1) is 0 Å². The van der Waals surface area contributed by atoms with Crippen LogP contribution in [0.4, 0.5) is 11.4 Å². The normalized spacial score (nSPS) is 11.4. The number of sulfonamides is 1. The van der Waals surface area contributed by atoms with E-state index in [1.165, 1.54) is 31.3 Å². The molecular weight excluding hydrogens is 370 g/mol. The van der Waals surface area contributed by atoms with Gasteiger partial charge in [-0.2, -0.15) is 4.31 Å². The number of nitro groups is 1. The highest BCUT2D eigenvalue weighted by atomic mass is 32.2. The molecule has 0 aromatic heterocycles. The molecule has 2 aromatic rings. The molecule has 0 bridgehead atoms. The lowest BCUT2D eigenvalue weighted by atomic mass is 10.1. The van der Waals surface area contributed by atoms with Crippen LogP contribution < -0.4 is 5.32 Å². The van der Waals surface area contributed by atoms with Crippen LogP contribution in [-0.4, -0.2) is 37.1 Å². The van der Waals surface area contributed by atoms with Gasteiger partial charge in [-0.05, 0) is 50.1 Å². The number of aryl methyl sites for hydroxylation is 3. The summed E-state index contributed by atoms with van der Waals surface area (Å²) in [4.78, 5) is 22.7. The third-order valence-corrected chi connectivity index (χ3v) is 6.04. The molecule has 0 aliphatic carbocycles. The van der Waals surface area contributed by atoms with Crippen LogP contribution >= 0.6 is 0 Å². The van der Waals surface area contributed by atoms with Crippen molar-refractivity contribution in [2.75, 3.05) is 18.9 Å². The topological polar surface area (TPSA) is 110 Å². The molecule has 9 heteroatoms. The third-order valence-electron chi connectivity index (χ3n) is 4.24. The molecular formula is C18H21N3O5S. The Hall–Kier alpha value is -2.78. The zero-order chi connectivity index (χ0) is 20.4. The molecule has 0 spiro atoms. The predicted octanol–water partition coefficient (Wildman–Crippen LogP) is 2.78. The SMILES string of the molecule is Cc1ccc(S(=O)(=O)N(C)CC(=O)Nc2ccc(C)c([N+](=O)[O-])c2)cc1C. The van der Waals surface area contributed by atoms with Crippen molar-refractivity contribution < 1.29 is 18.1 Å². The van der Waals surface area contributed by atoms with E-state index in [4.69, 9.17) is 0 Å². The van der Waals surface area contributed by atoms with E-state index in [9.17, 15) is 23.3 Å². The Morgan fingerprint density at radius 3 is 2.30 bits per heavy atom. The molecule has 0 saturated carbocycles. The summed E-state index contributed by atoms with van der Waals surface area (Å²) < 4.78 is 26.2. The molecule has 27 heavy (non-hydrogen) atoms. The molecule has 2 rings (SSSR count). The quantitative estimate of drug-likeness (QED) is 0.601. The van der Waals surface area contributed by atoms with Crippen molar-refractivity contribution in [3.05, 3.63) is 63.2 Å². The predicted molar refractivity (Wildman–Crippen MR) is 102 cm³/mol. The number of carbonyl (C=O) groups is 1. The zero-order valence-corrected chi connectivity index (χ0v) is 16.3. The zero-order valence-electron chi connectivity index (χ0n) is 15.5. The first kappa shape index (κ1) is 20.5. The Labute approximate surface area is 158 Å². The Balaban J connectivity index is 2.14. The summed E-state index contributed by atoms with van der Waals surface area (Å²) in [6.07, 6.45) is 0. The largest absolute Gasteiger partial charge is 0.325 e. The van der Waals surface area contributed by atoms with Gasteiger partial charge in [0.25, 0.3) is 5.69 Å². The average Bonchev–Trinajstić information content (AvgIpc) is 2.58. The van der Waals surface area contributed by atoms with Gasteiger partial charge in [-0.1, -0.05) is 12.1 Å². The van der Waals surface area contributed by atoms with E-state index in [0.29, 0.717) is 5.56 Å². The van der Waals surface area contributed by atoms with Crippen LogP contribution in [0, 0.1) is 30.9 Å². The first-order valence-corrected chi connectivity index (χ1v) is 9.55. The van der Waals surface area contributed by atoms with Gasteiger partial charge >= 0.3 is 0 Å². The summed E-state index contributed by atoms with van der Waals surface area (Å²) in [7, 11) is -2.52. The number of hydrogen-bond acceptors (Lipinski definition) is 5. The minimum atomic E-state index is -3.83. The number of likely N-dealkylation sites (N-methyl/N-ethyl adjacent to an activating group) is 1. The second-order valence-corrected chi connectivity index (χ2v) is 8.36. The van der Waals surface area contributed by atoms with E-state index in [2.05, 4.69) is 5.32 Å². The number of rotatable bonds is 6. The minimum absolute atomic E-state index is 0.104. The molecule has 1 N–H and O–H groups in total. The van der Waals surface area contributed by atoms with E-state index in [1.807, 2.05) is 13.8 Å². The second-order valence-electron chi connectivity index (χ2n) is 6.31. The Bertz CT molecular complexity index is 1000. The van der Waals surface area contributed by atoms with E-state index in [-0.39, 0.29) is 16.3 Å². The van der Waals surface area contributed by atoms with Crippen molar-refractivity contribution in [2.24, 2.45) is 0 Å². The van der Waals surface area contributed by atoms with Crippen LogP contribution in [-0.2, 0) is 14.8 Å². The van der Waals surface area contributed by atoms with Gasteiger partial charge < -0.3 is 5.32 Å². The summed E-state index contributed by atoms with van der Waals surface area (Å²) in [6, 6.07) is 9.05. The van der Waals surface area contributed by atoms with E-state index in [1.54, 1.807) is 19.1 Å². The van der Waals surface area contributed by atoms with E-state index < -0.39 is 27.4 Å². The maximum absolute atomic E-state index is 12.6. The number of nitro benzene ring substituents is 1. The van der Waals surface area contributed by atoms with Gasteiger partial charge in [0.1, 0.15) is 0 Å². The van der Waals surface area contributed by atoms with Crippen molar-refractivity contribution in [1.29, 1.82) is 0 Å². The maximum Gasteiger partial charge on any atom is 0.274 e. The van der Waals surface area contributed by atoms with Crippen LogP contribution in [0.25, 0.3) is 0 Å². The average molecular weight is 391 g/mol. The van der Waals surface area contributed by atoms with Crippen molar-refractivity contribution in [3.8, 4) is 0 Å². The lowest BCUT2D eigenvalue weighted by Gasteiger charge is -2.17. The number of anilines is 1. The maximum atomic E-state index is 12.6. The molecule has 0 fully saturated rings. The molecule has 144 valence electrons. The van der Waals surface area contributed by atoms with Crippen LogP contribution in [0.1, 0.15) is 16.7 Å². The monoisotopic (exact) mass is 391 g/mol. The van der Waals surface area contributed by atoms with Crippen LogP contribution in [0.2, 0.25) is 0 Å². The fraction of sp³-hybridized carbons (Fsp3) is 0.278. The molecule has 8 nitrogen and oxygen atoms in total. The number of benzene rings is 2. The van der Waals surface area contributed by atoms with Gasteiger partial charge in [-0.3, -0.25) is 14.9 Å². The highest BCUT2D eigenvalue weighted by molar-refractivity contribution is 7.89. The van der Waals surface area contributed by atoms with E-state index in [0.717, 1.165) is 15.4 Å². The first-order chi connectivity index (χ1) is 12.5. The summed E-state index contributed by atoms with van der Waals surface area (Å²) in [6.45, 7) is 4.86. The molecule has 0 heterocycles. The molecule has 1 amide bonds. The fourth-order valence-corrected chi connectivity index (χ4v) is 3.64. The molecule has 0 saturated heterocycles.